The van der Waals surface area contributed by atoms with Gasteiger partial charge >= 0.3 is 0 Å². The maximum absolute atomic E-state index is 12.3. The molecule has 3 heterocycles. The number of aromatic nitrogens is 3. The van der Waals surface area contributed by atoms with E-state index in [-0.39, 0.29) is 12.5 Å². The first-order valence-electron chi connectivity index (χ1n) is 8.19. The smallest absolute Gasteiger partial charge is 0.246 e. The first-order chi connectivity index (χ1) is 11.7. The van der Waals surface area contributed by atoms with Crippen LogP contribution >= 0.6 is 11.3 Å². The zero-order valence-corrected chi connectivity index (χ0v) is 14.6. The summed E-state index contributed by atoms with van der Waals surface area (Å²) in [6.07, 6.45) is 7.03. The van der Waals surface area contributed by atoms with Crippen LogP contribution in [0.3, 0.4) is 0 Å². The largest absolute Gasteiger partial charge is 0.394 e. The van der Waals surface area contributed by atoms with E-state index in [1.165, 1.54) is 0 Å². The van der Waals surface area contributed by atoms with Gasteiger partial charge in [-0.1, -0.05) is 0 Å². The lowest BCUT2D eigenvalue weighted by Gasteiger charge is -2.31. The van der Waals surface area contributed by atoms with Crippen molar-refractivity contribution in [1.82, 2.24) is 19.7 Å². The summed E-state index contributed by atoms with van der Waals surface area (Å²) in [4.78, 5) is 18.5. The molecule has 7 heteroatoms. The summed E-state index contributed by atoms with van der Waals surface area (Å²) < 4.78 is 1.87. The molecule has 128 valence electrons. The Morgan fingerprint density at radius 2 is 2.25 bits per heavy atom. The van der Waals surface area contributed by atoms with E-state index >= 15 is 0 Å². The van der Waals surface area contributed by atoms with Gasteiger partial charge in [0.2, 0.25) is 5.91 Å². The van der Waals surface area contributed by atoms with E-state index in [9.17, 15) is 4.79 Å². The van der Waals surface area contributed by atoms with Crippen LogP contribution in [0.5, 0.6) is 0 Å². The Hall–Kier alpha value is -1.99. The second-order valence-corrected chi connectivity index (χ2v) is 6.99. The van der Waals surface area contributed by atoms with E-state index in [2.05, 4.69) is 10.1 Å². The molecule has 0 unspecified atom stereocenters. The van der Waals surface area contributed by atoms with Crippen molar-refractivity contribution in [2.24, 2.45) is 0 Å². The molecule has 1 amide bonds. The molecule has 0 bridgehead atoms. The summed E-state index contributed by atoms with van der Waals surface area (Å²) in [5.74, 6) is 0.441. The van der Waals surface area contributed by atoms with Crippen molar-refractivity contribution in [3.63, 3.8) is 0 Å². The van der Waals surface area contributed by atoms with Crippen molar-refractivity contribution in [3.05, 3.63) is 40.1 Å². The third-order valence-corrected chi connectivity index (χ3v) is 5.11. The Morgan fingerprint density at radius 1 is 1.46 bits per heavy atom. The fourth-order valence-electron chi connectivity index (χ4n) is 3.09. The highest BCUT2D eigenvalue weighted by Crippen LogP contribution is 2.28. The van der Waals surface area contributed by atoms with Gasteiger partial charge in [0.1, 0.15) is 0 Å². The summed E-state index contributed by atoms with van der Waals surface area (Å²) in [7, 11) is 0. The summed E-state index contributed by atoms with van der Waals surface area (Å²) in [6.45, 7) is 4.06. The van der Waals surface area contributed by atoms with Crippen LogP contribution in [0.1, 0.15) is 35.2 Å². The van der Waals surface area contributed by atoms with Crippen molar-refractivity contribution < 1.29 is 9.90 Å². The highest BCUT2D eigenvalue weighted by atomic mass is 32.1. The van der Waals surface area contributed by atoms with Crippen LogP contribution in [-0.2, 0) is 11.3 Å². The van der Waals surface area contributed by atoms with Gasteiger partial charge < -0.3 is 10.0 Å². The molecule has 0 saturated carbocycles. The van der Waals surface area contributed by atoms with Crippen molar-refractivity contribution in [3.8, 4) is 0 Å². The average Bonchev–Trinajstić information content (AvgIpc) is 3.22. The lowest BCUT2D eigenvalue weighted by molar-refractivity contribution is -0.127. The molecule has 1 aliphatic rings. The van der Waals surface area contributed by atoms with Crippen LogP contribution in [0.15, 0.2) is 23.7 Å². The van der Waals surface area contributed by atoms with E-state index in [1.807, 2.05) is 28.0 Å². The number of aryl methyl sites for hydroxylation is 1. The quantitative estimate of drug-likeness (QED) is 0.841. The number of hydrogen-bond donors (Lipinski definition) is 1. The van der Waals surface area contributed by atoms with Crippen molar-refractivity contribution in [2.75, 3.05) is 19.7 Å². The molecule has 1 N–H and O–H groups in total. The number of hydrogen-bond acceptors (Lipinski definition) is 5. The summed E-state index contributed by atoms with van der Waals surface area (Å²) in [6, 6.07) is 2.02. The van der Waals surface area contributed by atoms with Gasteiger partial charge in [-0.3, -0.25) is 9.48 Å². The van der Waals surface area contributed by atoms with E-state index in [1.54, 1.807) is 29.7 Å². The average molecular weight is 346 g/mol. The van der Waals surface area contributed by atoms with Gasteiger partial charge in [-0.25, -0.2) is 4.98 Å². The third-order valence-electron chi connectivity index (χ3n) is 4.32. The standard InChI is InChI=1S/C17H22N4O2S/c1-13-19-15(12-24-13)2-3-17(23)20-8-5-14(6-9-20)16-4-7-18-21(16)10-11-22/h2-4,7,12,14,22H,5-6,8-11H2,1H3/b3-2+. The molecular formula is C17H22N4O2S. The first kappa shape index (κ1) is 16.9. The van der Waals surface area contributed by atoms with Gasteiger partial charge in [0, 0.05) is 42.4 Å². The molecule has 2 aromatic rings. The lowest BCUT2D eigenvalue weighted by atomic mass is 9.93. The van der Waals surface area contributed by atoms with Gasteiger partial charge in [0.15, 0.2) is 0 Å². The van der Waals surface area contributed by atoms with Gasteiger partial charge in [-0.15, -0.1) is 11.3 Å². The maximum Gasteiger partial charge on any atom is 0.246 e. The number of amides is 1. The molecule has 0 atom stereocenters. The summed E-state index contributed by atoms with van der Waals surface area (Å²) in [5.41, 5.74) is 2.00. The number of nitrogens with zero attached hydrogens (tertiary/aromatic N) is 4. The zero-order valence-electron chi connectivity index (χ0n) is 13.8. The topological polar surface area (TPSA) is 71.2 Å². The number of carbonyl (C=O) groups is 1. The van der Waals surface area contributed by atoms with E-state index in [0.717, 1.165) is 42.3 Å². The van der Waals surface area contributed by atoms with Crippen LogP contribution in [0, 0.1) is 6.92 Å². The molecule has 0 spiro atoms. The Labute approximate surface area is 145 Å². The van der Waals surface area contributed by atoms with Gasteiger partial charge in [0.05, 0.1) is 23.9 Å². The van der Waals surface area contributed by atoms with Crippen LogP contribution in [-0.4, -0.2) is 50.4 Å². The molecule has 24 heavy (non-hydrogen) atoms. The molecule has 0 aromatic carbocycles. The molecule has 3 rings (SSSR count). The molecule has 6 nitrogen and oxygen atoms in total. The van der Waals surface area contributed by atoms with Crippen LogP contribution in [0.4, 0.5) is 0 Å². The van der Waals surface area contributed by atoms with Gasteiger partial charge in [-0.2, -0.15) is 5.10 Å². The SMILES string of the molecule is Cc1nc(/C=C/C(=O)N2CCC(c3ccnn3CCO)CC2)cs1. The van der Waals surface area contributed by atoms with Crippen molar-refractivity contribution in [2.45, 2.75) is 32.2 Å². The predicted octanol–water partition coefficient (Wildman–Crippen LogP) is 2.06. The minimum absolute atomic E-state index is 0.0444. The lowest BCUT2D eigenvalue weighted by Crippen LogP contribution is -2.37. The number of likely N-dealkylation sites (tertiary alicyclic amines) is 1. The van der Waals surface area contributed by atoms with Crippen molar-refractivity contribution in [1.29, 1.82) is 0 Å². The minimum Gasteiger partial charge on any atom is -0.394 e. The molecule has 0 aliphatic carbocycles. The van der Waals surface area contributed by atoms with Crippen LogP contribution in [0.25, 0.3) is 6.08 Å². The van der Waals surface area contributed by atoms with Gasteiger partial charge in [-0.05, 0) is 31.9 Å². The fraction of sp³-hybridized carbons (Fsp3) is 0.471. The number of aliphatic hydroxyl groups is 1. The molecule has 1 aliphatic heterocycles. The Balaban J connectivity index is 1.55. The number of rotatable bonds is 5. The fourth-order valence-corrected chi connectivity index (χ4v) is 3.67. The van der Waals surface area contributed by atoms with Gasteiger partial charge in [0.25, 0.3) is 0 Å². The molecule has 1 fully saturated rings. The van der Waals surface area contributed by atoms with Crippen molar-refractivity contribution >= 4 is 23.3 Å². The Bertz CT molecular complexity index is 714. The molecule has 0 radical (unpaired) electrons. The van der Waals surface area contributed by atoms with E-state index in [4.69, 9.17) is 5.11 Å². The number of piperidine rings is 1. The van der Waals surface area contributed by atoms with Crippen LogP contribution in [0.2, 0.25) is 0 Å². The molecule has 2 aromatic heterocycles. The monoisotopic (exact) mass is 346 g/mol. The maximum atomic E-state index is 12.3. The highest BCUT2D eigenvalue weighted by molar-refractivity contribution is 7.09. The Morgan fingerprint density at radius 3 is 2.92 bits per heavy atom. The van der Waals surface area contributed by atoms with E-state index in [0.29, 0.717) is 12.5 Å². The number of carbonyl (C=O) groups excluding carboxylic acids is 1. The van der Waals surface area contributed by atoms with Crippen LogP contribution < -0.4 is 0 Å². The summed E-state index contributed by atoms with van der Waals surface area (Å²) in [5, 5.41) is 16.3. The zero-order chi connectivity index (χ0) is 16.9. The number of thiazole rings is 1. The minimum atomic E-state index is 0.0444. The number of aliphatic hydroxyl groups excluding tert-OH is 1. The second-order valence-electron chi connectivity index (χ2n) is 5.93. The predicted molar refractivity (Wildman–Crippen MR) is 93.8 cm³/mol. The first-order valence-corrected chi connectivity index (χ1v) is 9.07. The molecular weight excluding hydrogens is 324 g/mol. The summed E-state index contributed by atoms with van der Waals surface area (Å²) >= 11 is 1.58. The Kier molecular flexibility index (Phi) is 5.42. The second kappa shape index (κ2) is 7.72. The van der Waals surface area contributed by atoms with E-state index < -0.39 is 0 Å². The normalized spacial score (nSPS) is 16.2. The third kappa shape index (κ3) is 3.91. The molecule has 1 saturated heterocycles. The highest BCUT2D eigenvalue weighted by Gasteiger charge is 2.24.